The highest BCUT2D eigenvalue weighted by atomic mass is 35.5. The molecule has 7 heteroatoms. The van der Waals surface area contributed by atoms with E-state index in [2.05, 4.69) is 46.6 Å². The smallest absolute Gasteiger partial charge is 0.276 e. The van der Waals surface area contributed by atoms with Crippen LogP contribution in [-0.2, 0) is 13.0 Å². The van der Waals surface area contributed by atoms with Crippen LogP contribution in [0.5, 0.6) is 5.75 Å². The molecule has 0 saturated heterocycles. The molecule has 3 aromatic carbocycles. The summed E-state index contributed by atoms with van der Waals surface area (Å²) in [6.07, 6.45) is 0.911. The predicted molar refractivity (Wildman–Crippen MR) is 121 cm³/mol. The van der Waals surface area contributed by atoms with Crippen LogP contribution in [0.4, 0.5) is 0 Å². The maximum absolute atomic E-state index is 6.09. The van der Waals surface area contributed by atoms with Crippen LogP contribution in [0.25, 0.3) is 11.1 Å². The number of hydrogen-bond acceptors (Lipinski definition) is 5. The molecule has 4 nitrogen and oxygen atoms in total. The minimum Gasteiger partial charge on any atom is -0.482 e. The number of thioether (sulfide) groups is 1. The van der Waals surface area contributed by atoms with E-state index in [4.69, 9.17) is 32.4 Å². The normalized spacial score (nSPS) is 10.9. The zero-order chi connectivity index (χ0) is 20.8. The van der Waals surface area contributed by atoms with Gasteiger partial charge in [-0.25, -0.2) is 0 Å². The lowest BCUT2D eigenvalue weighted by Gasteiger charge is -2.05. The van der Waals surface area contributed by atoms with Crippen molar-refractivity contribution in [3.05, 3.63) is 94.3 Å². The zero-order valence-corrected chi connectivity index (χ0v) is 18.3. The molecule has 0 aliphatic heterocycles. The third kappa shape index (κ3) is 5.57. The van der Waals surface area contributed by atoms with Crippen LogP contribution in [0.3, 0.4) is 0 Å². The fraction of sp³-hybridized carbons (Fsp3) is 0.130. The van der Waals surface area contributed by atoms with E-state index in [0.717, 1.165) is 12.2 Å². The summed E-state index contributed by atoms with van der Waals surface area (Å²) in [6, 6.07) is 24.0. The number of rotatable bonds is 8. The first kappa shape index (κ1) is 20.8. The van der Waals surface area contributed by atoms with Crippen LogP contribution in [-0.4, -0.2) is 16.0 Å². The summed E-state index contributed by atoms with van der Waals surface area (Å²) >= 11 is 13.5. The van der Waals surface area contributed by atoms with Crippen molar-refractivity contribution in [2.45, 2.75) is 18.3 Å². The number of nitrogens with zero attached hydrogens (tertiary/aromatic N) is 2. The van der Waals surface area contributed by atoms with Gasteiger partial charge in [-0.3, -0.25) is 0 Å². The maximum atomic E-state index is 6.09. The Bertz CT molecular complexity index is 1100. The van der Waals surface area contributed by atoms with E-state index in [-0.39, 0.29) is 6.61 Å². The summed E-state index contributed by atoms with van der Waals surface area (Å²) < 4.78 is 11.2. The average molecular weight is 457 g/mol. The summed E-state index contributed by atoms with van der Waals surface area (Å²) in [7, 11) is 0. The third-order valence-corrected chi connectivity index (χ3v) is 5.72. The van der Waals surface area contributed by atoms with Gasteiger partial charge in [-0.15, -0.1) is 10.2 Å². The van der Waals surface area contributed by atoms with E-state index in [1.54, 1.807) is 18.2 Å². The molecule has 0 fully saturated rings. The number of hydrogen-bond donors (Lipinski definition) is 0. The highest BCUT2D eigenvalue weighted by Crippen LogP contribution is 2.28. The van der Waals surface area contributed by atoms with Crippen molar-refractivity contribution in [3.8, 4) is 16.9 Å². The van der Waals surface area contributed by atoms with Crippen molar-refractivity contribution in [1.82, 2.24) is 10.2 Å². The summed E-state index contributed by atoms with van der Waals surface area (Å²) in [4.78, 5) is 0. The van der Waals surface area contributed by atoms with Crippen LogP contribution in [0.15, 0.2) is 82.4 Å². The molecule has 0 bridgehead atoms. The Hall–Kier alpha value is -2.47. The van der Waals surface area contributed by atoms with Crippen LogP contribution < -0.4 is 4.74 Å². The van der Waals surface area contributed by atoms with Gasteiger partial charge < -0.3 is 9.15 Å². The number of halogens is 2. The molecule has 152 valence electrons. The molecule has 0 atom stereocenters. The van der Waals surface area contributed by atoms with Gasteiger partial charge in [0, 0.05) is 10.8 Å². The molecule has 0 saturated carbocycles. The van der Waals surface area contributed by atoms with E-state index in [1.807, 2.05) is 18.2 Å². The van der Waals surface area contributed by atoms with Crippen molar-refractivity contribution in [2.24, 2.45) is 0 Å². The van der Waals surface area contributed by atoms with E-state index >= 15 is 0 Å². The van der Waals surface area contributed by atoms with E-state index in [1.165, 1.54) is 28.5 Å². The molecule has 0 aliphatic carbocycles. The summed E-state index contributed by atoms with van der Waals surface area (Å²) in [5.41, 5.74) is 3.70. The summed E-state index contributed by atoms with van der Waals surface area (Å²) in [5, 5.41) is 9.60. The topological polar surface area (TPSA) is 48.2 Å². The Morgan fingerprint density at radius 3 is 2.40 bits per heavy atom. The van der Waals surface area contributed by atoms with E-state index in [9.17, 15) is 0 Å². The second-order valence-corrected chi connectivity index (χ2v) is 8.38. The lowest BCUT2D eigenvalue weighted by atomic mass is 10.0. The Kier molecular flexibility index (Phi) is 6.95. The Labute approximate surface area is 189 Å². The van der Waals surface area contributed by atoms with Crippen molar-refractivity contribution >= 4 is 35.0 Å². The molecule has 4 rings (SSSR count). The van der Waals surface area contributed by atoms with Crippen molar-refractivity contribution in [2.75, 3.05) is 5.75 Å². The molecule has 0 spiro atoms. The number of ether oxygens (including phenoxy) is 1. The molecular weight excluding hydrogens is 439 g/mol. The molecule has 0 unspecified atom stereocenters. The first-order chi connectivity index (χ1) is 14.7. The molecule has 0 N–H and O–H groups in total. The van der Waals surface area contributed by atoms with Gasteiger partial charge in [-0.1, -0.05) is 89.6 Å². The average Bonchev–Trinajstić information content (AvgIpc) is 3.22. The second-order valence-electron chi connectivity index (χ2n) is 6.49. The number of aryl methyl sites for hydroxylation is 1. The Morgan fingerprint density at radius 1 is 0.867 bits per heavy atom. The van der Waals surface area contributed by atoms with Crippen molar-refractivity contribution in [3.63, 3.8) is 0 Å². The first-order valence-corrected chi connectivity index (χ1v) is 11.1. The largest absolute Gasteiger partial charge is 0.482 e. The minimum atomic E-state index is 0.149. The Morgan fingerprint density at radius 2 is 1.63 bits per heavy atom. The van der Waals surface area contributed by atoms with Gasteiger partial charge >= 0.3 is 0 Å². The quantitative estimate of drug-likeness (QED) is 0.268. The zero-order valence-electron chi connectivity index (χ0n) is 15.9. The molecule has 0 amide bonds. The molecule has 30 heavy (non-hydrogen) atoms. The third-order valence-electron chi connectivity index (χ3n) is 4.37. The van der Waals surface area contributed by atoms with Crippen molar-refractivity contribution < 1.29 is 9.15 Å². The van der Waals surface area contributed by atoms with Crippen LogP contribution in [0, 0.1) is 0 Å². The van der Waals surface area contributed by atoms with Gasteiger partial charge in [0.05, 0.1) is 5.02 Å². The highest BCUT2D eigenvalue weighted by Gasteiger charge is 2.09. The van der Waals surface area contributed by atoms with Crippen LogP contribution in [0.2, 0.25) is 10.0 Å². The molecule has 1 heterocycles. The number of aromatic nitrogens is 2. The standard InChI is InChI=1S/C23H18Cl2N2O2S/c24-19-10-11-21(20(25)14-19)28-15-22-26-27-23(29-22)30-13-12-16-6-8-18(9-7-16)17-4-2-1-3-5-17/h1-11,14H,12-13,15H2. The van der Waals surface area contributed by atoms with Crippen LogP contribution >= 0.6 is 35.0 Å². The van der Waals surface area contributed by atoms with Gasteiger partial charge in [-0.05, 0) is 41.3 Å². The Balaban J connectivity index is 1.25. The highest BCUT2D eigenvalue weighted by molar-refractivity contribution is 7.99. The second kappa shape index (κ2) is 10.0. The van der Waals surface area contributed by atoms with Gasteiger partial charge in [0.2, 0.25) is 0 Å². The van der Waals surface area contributed by atoms with Gasteiger partial charge in [0.25, 0.3) is 11.1 Å². The van der Waals surface area contributed by atoms with E-state index < -0.39 is 0 Å². The van der Waals surface area contributed by atoms with Gasteiger partial charge in [-0.2, -0.15) is 0 Å². The van der Waals surface area contributed by atoms with Gasteiger partial charge in [0.1, 0.15) is 5.75 Å². The summed E-state index contributed by atoms with van der Waals surface area (Å²) in [6.45, 7) is 0.149. The number of benzene rings is 3. The molecule has 4 aromatic rings. The molecule has 0 radical (unpaired) electrons. The fourth-order valence-electron chi connectivity index (χ4n) is 2.84. The van der Waals surface area contributed by atoms with Crippen molar-refractivity contribution in [1.29, 1.82) is 0 Å². The monoisotopic (exact) mass is 456 g/mol. The van der Waals surface area contributed by atoms with E-state index in [0.29, 0.717) is 26.9 Å². The van der Waals surface area contributed by atoms with Crippen LogP contribution in [0.1, 0.15) is 11.5 Å². The SMILES string of the molecule is Clc1ccc(OCc2nnc(SCCc3ccc(-c4ccccc4)cc3)o2)c(Cl)c1. The first-order valence-electron chi connectivity index (χ1n) is 9.35. The van der Waals surface area contributed by atoms with Gasteiger partial charge in [0.15, 0.2) is 6.61 Å². The lowest BCUT2D eigenvalue weighted by Crippen LogP contribution is -1.96. The lowest BCUT2D eigenvalue weighted by molar-refractivity contribution is 0.252. The minimum absolute atomic E-state index is 0.149. The molecular formula is C23H18Cl2N2O2S. The summed E-state index contributed by atoms with van der Waals surface area (Å²) in [5.74, 6) is 1.76. The molecule has 0 aliphatic rings. The fourth-order valence-corrected chi connectivity index (χ4v) is 4.07. The maximum Gasteiger partial charge on any atom is 0.276 e. The predicted octanol–water partition coefficient (Wildman–Crippen LogP) is 6.96. The molecule has 1 aromatic heterocycles.